The van der Waals surface area contributed by atoms with Crippen LogP contribution in [0.15, 0.2) is 12.7 Å². The number of carbonyl (C=O) groups is 1. The largest absolute Gasteiger partial charge is 0.490 e. The number of rotatable bonds is 3. The SMILES string of the molecule is C=CCOC1CCCNC1.O=C(O)C(F)(F)F. The van der Waals surface area contributed by atoms with Crippen molar-refractivity contribution in [2.24, 2.45) is 0 Å². The molecule has 1 heterocycles. The molecule has 1 rings (SSSR count). The van der Waals surface area contributed by atoms with Gasteiger partial charge < -0.3 is 15.2 Å². The van der Waals surface area contributed by atoms with E-state index in [0.29, 0.717) is 12.7 Å². The molecule has 1 atom stereocenters. The van der Waals surface area contributed by atoms with E-state index in [1.165, 1.54) is 12.8 Å². The molecule has 100 valence electrons. The van der Waals surface area contributed by atoms with E-state index in [1.807, 2.05) is 0 Å². The lowest BCUT2D eigenvalue weighted by atomic mass is 10.1. The molecule has 1 saturated heterocycles. The van der Waals surface area contributed by atoms with Crippen LogP contribution in [-0.4, -0.2) is 43.1 Å². The highest BCUT2D eigenvalue weighted by Gasteiger charge is 2.38. The van der Waals surface area contributed by atoms with Gasteiger partial charge in [0.15, 0.2) is 0 Å². The zero-order valence-corrected chi connectivity index (χ0v) is 9.29. The summed E-state index contributed by atoms with van der Waals surface area (Å²) in [7, 11) is 0. The number of hydrogen-bond acceptors (Lipinski definition) is 3. The smallest absolute Gasteiger partial charge is 0.475 e. The lowest BCUT2D eigenvalue weighted by molar-refractivity contribution is -0.192. The Labute approximate surface area is 97.4 Å². The lowest BCUT2D eigenvalue weighted by Gasteiger charge is -2.22. The van der Waals surface area contributed by atoms with Gasteiger partial charge in [-0.1, -0.05) is 6.08 Å². The normalized spacial score (nSPS) is 20.1. The van der Waals surface area contributed by atoms with Gasteiger partial charge in [0.1, 0.15) is 0 Å². The average molecular weight is 255 g/mol. The number of hydrogen-bond donors (Lipinski definition) is 2. The zero-order valence-electron chi connectivity index (χ0n) is 9.29. The second-order valence-corrected chi connectivity index (χ2v) is 3.39. The average Bonchev–Trinajstić information content (AvgIpc) is 2.27. The van der Waals surface area contributed by atoms with Gasteiger partial charge in [-0.05, 0) is 19.4 Å². The topological polar surface area (TPSA) is 58.6 Å². The Morgan fingerprint density at radius 1 is 1.59 bits per heavy atom. The predicted molar refractivity (Wildman–Crippen MR) is 55.7 cm³/mol. The number of aliphatic carboxylic acids is 1. The molecule has 1 unspecified atom stereocenters. The first-order valence-corrected chi connectivity index (χ1v) is 5.11. The Morgan fingerprint density at radius 3 is 2.53 bits per heavy atom. The van der Waals surface area contributed by atoms with Gasteiger partial charge in [0, 0.05) is 6.54 Å². The number of carboxylic acids is 1. The van der Waals surface area contributed by atoms with Crippen LogP contribution in [0.4, 0.5) is 13.2 Å². The van der Waals surface area contributed by atoms with E-state index >= 15 is 0 Å². The Morgan fingerprint density at radius 2 is 2.18 bits per heavy atom. The molecule has 0 aliphatic carbocycles. The number of piperidine rings is 1. The van der Waals surface area contributed by atoms with E-state index in [1.54, 1.807) is 6.08 Å². The molecule has 1 fully saturated rings. The van der Waals surface area contributed by atoms with E-state index in [-0.39, 0.29) is 0 Å². The summed E-state index contributed by atoms with van der Waals surface area (Å²) in [5.74, 6) is -2.76. The fourth-order valence-corrected chi connectivity index (χ4v) is 1.17. The molecular formula is C10H16F3NO3. The van der Waals surface area contributed by atoms with Crippen LogP contribution in [0.1, 0.15) is 12.8 Å². The molecule has 0 aromatic rings. The maximum Gasteiger partial charge on any atom is 0.490 e. The van der Waals surface area contributed by atoms with Gasteiger partial charge in [0.05, 0.1) is 12.7 Å². The maximum atomic E-state index is 10.6. The van der Waals surface area contributed by atoms with Crippen LogP contribution in [0.2, 0.25) is 0 Å². The van der Waals surface area contributed by atoms with Crippen molar-refractivity contribution in [1.82, 2.24) is 5.32 Å². The lowest BCUT2D eigenvalue weighted by Crippen LogP contribution is -2.35. The summed E-state index contributed by atoms with van der Waals surface area (Å²) in [6.45, 7) is 6.44. The molecule has 4 nitrogen and oxygen atoms in total. The van der Waals surface area contributed by atoms with Gasteiger partial charge in [-0.25, -0.2) is 4.79 Å². The Bertz CT molecular complexity index is 237. The van der Waals surface area contributed by atoms with Gasteiger partial charge in [0.2, 0.25) is 0 Å². The standard InChI is InChI=1S/C8H15NO.C2HF3O2/c1-2-6-10-8-4-3-5-9-7-8;3-2(4,5)1(6)7/h2,8-9H,1,3-7H2;(H,6,7). The minimum absolute atomic E-state index is 0.423. The summed E-state index contributed by atoms with van der Waals surface area (Å²) in [6, 6.07) is 0. The minimum Gasteiger partial charge on any atom is -0.475 e. The predicted octanol–water partition coefficient (Wildman–Crippen LogP) is 1.57. The molecule has 0 saturated carbocycles. The number of nitrogens with one attached hydrogen (secondary N) is 1. The third-order valence-electron chi connectivity index (χ3n) is 1.94. The summed E-state index contributed by atoms with van der Waals surface area (Å²) in [6.07, 6.45) is -0.427. The van der Waals surface area contributed by atoms with Crippen LogP contribution in [0.5, 0.6) is 0 Å². The molecule has 0 amide bonds. The molecule has 1 aliphatic heterocycles. The van der Waals surface area contributed by atoms with Crippen molar-refractivity contribution in [3.63, 3.8) is 0 Å². The summed E-state index contributed by atoms with van der Waals surface area (Å²) in [5, 5.41) is 10.4. The quantitative estimate of drug-likeness (QED) is 0.752. The van der Waals surface area contributed by atoms with E-state index in [0.717, 1.165) is 13.1 Å². The van der Waals surface area contributed by atoms with Gasteiger partial charge in [-0.3, -0.25) is 0 Å². The monoisotopic (exact) mass is 255 g/mol. The highest BCUT2D eigenvalue weighted by molar-refractivity contribution is 5.73. The van der Waals surface area contributed by atoms with Crippen molar-refractivity contribution in [3.8, 4) is 0 Å². The molecule has 0 aromatic heterocycles. The molecule has 17 heavy (non-hydrogen) atoms. The molecule has 1 aliphatic rings. The molecule has 0 bridgehead atoms. The summed E-state index contributed by atoms with van der Waals surface area (Å²) in [5.41, 5.74) is 0. The van der Waals surface area contributed by atoms with Gasteiger partial charge in [-0.15, -0.1) is 6.58 Å². The van der Waals surface area contributed by atoms with Crippen LogP contribution < -0.4 is 5.32 Å². The fraction of sp³-hybridized carbons (Fsp3) is 0.700. The summed E-state index contributed by atoms with van der Waals surface area (Å²) < 4.78 is 37.2. The van der Waals surface area contributed by atoms with Gasteiger partial charge in [0.25, 0.3) is 0 Å². The Balaban J connectivity index is 0.000000325. The molecule has 7 heteroatoms. The summed E-state index contributed by atoms with van der Waals surface area (Å²) >= 11 is 0. The Hall–Kier alpha value is -1.08. The van der Waals surface area contributed by atoms with Crippen molar-refractivity contribution in [2.75, 3.05) is 19.7 Å². The fourth-order valence-electron chi connectivity index (χ4n) is 1.17. The van der Waals surface area contributed by atoms with Gasteiger partial charge in [-0.2, -0.15) is 13.2 Å². The molecule has 0 aromatic carbocycles. The van der Waals surface area contributed by atoms with E-state index in [4.69, 9.17) is 14.6 Å². The molecule has 0 radical (unpaired) electrons. The van der Waals surface area contributed by atoms with E-state index in [9.17, 15) is 13.2 Å². The van der Waals surface area contributed by atoms with Crippen molar-refractivity contribution in [2.45, 2.75) is 25.1 Å². The highest BCUT2D eigenvalue weighted by Crippen LogP contribution is 2.13. The van der Waals surface area contributed by atoms with Crippen LogP contribution >= 0.6 is 0 Å². The van der Waals surface area contributed by atoms with Crippen molar-refractivity contribution < 1.29 is 27.8 Å². The van der Waals surface area contributed by atoms with Crippen LogP contribution in [0, 0.1) is 0 Å². The number of ether oxygens (including phenoxy) is 1. The third kappa shape index (κ3) is 8.70. The van der Waals surface area contributed by atoms with E-state index in [2.05, 4.69) is 11.9 Å². The number of carboxylic acid groups (broad SMARTS) is 1. The Kier molecular flexibility index (Phi) is 7.56. The number of halogens is 3. The second kappa shape index (κ2) is 8.08. The zero-order chi connectivity index (χ0) is 13.3. The molecule has 0 spiro atoms. The molecule has 2 N–H and O–H groups in total. The second-order valence-electron chi connectivity index (χ2n) is 3.39. The van der Waals surface area contributed by atoms with Crippen LogP contribution in [0.25, 0.3) is 0 Å². The van der Waals surface area contributed by atoms with E-state index < -0.39 is 12.1 Å². The third-order valence-corrected chi connectivity index (χ3v) is 1.94. The van der Waals surface area contributed by atoms with Crippen molar-refractivity contribution in [1.29, 1.82) is 0 Å². The first-order chi connectivity index (χ1) is 7.88. The molecular weight excluding hydrogens is 239 g/mol. The van der Waals surface area contributed by atoms with Crippen molar-refractivity contribution in [3.05, 3.63) is 12.7 Å². The first kappa shape index (κ1) is 15.9. The summed E-state index contributed by atoms with van der Waals surface area (Å²) in [4.78, 5) is 8.90. The first-order valence-electron chi connectivity index (χ1n) is 5.11. The maximum absolute atomic E-state index is 10.6. The van der Waals surface area contributed by atoms with Crippen molar-refractivity contribution >= 4 is 5.97 Å². The highest BCUT2D eigenvalue weighted by atomic mass is 19.4. The minimum atomic E-state index is -5.08. The van der Waals surface area contributed by atoms with Gasteiger partial charge >= 0.3 is 12.1 Å². The van der Waals surface area contributed by atoms with Crippen LogP contribution in [0.3, 0.4) is 0 Å². The van der Waals surface area contributed by atoms with Crippen LogP contribution in [-0.2, 0) is 9.53 Å². The number of alkyl halides is 3.